The quantitative estimate of drug-likeness (QED) is 0.817. The van der Waals surface area contributed by atoms with E-state index in [1.807, 2.05) is 6.92 Å². The molecule has 0 saturated heterocycles. The maximum atomic E-state index is 12.8. The first-order valence-corrected chi connectivity index (χ1v) is 8.72. The van der Waals surface area contributed by atoms with Crippen LogP contribution in [-0.4, -0.2) is 29.9 Å². The monoisotopic (exact) mass is 339 g/mol. The van der Waals surface area contributed by atoms with Crippen LogP contribution in [0.4, 0.5) is 10.2 Å². The summed E-state index contributed by atoms with van der Waals surface area (Å²) in [6, 6.07) is 6.38. The first-order chi connectivity index (χ1) is 10.8. The summed E-state index contributed by atoms with van der Waals surface area (Å²) in [5.74, 6) is -0.373. The van der Waals surface area contributed by atoms with Crippen molar-refractivity contribution in [1.82, 2.24) is 9.78 Å². The van der Waals surface area contributed by atoms with Gasteiger partial charge in [0, 0.05) is 19.5 Å². The van der Waals surface area contributed by atoms with E-state index in [1.54, 1.807) is 17.8 Å². The molecule has 23 heavy (non-hydrogen) atoms. The first-order valence-electron chi connectivity index (χ1n) is 7.07. The third-order valence-electron chi connectivity index (χ3n) is 3.26. The number of carbonyl (C=O) groups excluding carboxylic acids is 1. The van der Waals surface area contributed by atoms with E-state index in [0.717, 1.165) is 17.8 Å². The number of nitrogens with zero attached hydrogens (tertiary/aromatic N) is 2. The van der Waals surface area contributed by atoms with Gasteiger partial charge in [-0.15, -0.1) is 0 Å². The molecule has 0 unspecified atom stereocenters. The highest BCUT2D eigenvalue weighted by Crippen LogP contribution is 2.14. The number of rotatable bonds is 6. The van der Waals surface area contributed by atoms with E-state index < -0.39 is 15.7 Å². The van der Waals surface area contributed by atoms with Gasteiger partial charge in [-0.3, -0.25) is 9.48 Å². The summed E-state index contributed by atoms with van der Waals surface area (Å²) < 4.78 is 38.5. The summed E-state index contributed by atoms with van der Waals surface area (Å²) in [6.07, 6.45) is 0.257. The fraction of sp³-hybridized carbons (Fsp3) is 0.333. The summed E-state index contributed by atoms with van der Waals surface area (Å²) in [4.78, 5) is 11.9. The van der Waals surface area contributed by atoms with E-state index in [4.69, 9.17) is 0 Å². The largest absolute Gasteiger partial charge is 0.311 e. The van der Waals surface area contributed by atoms with Crippen molar-refractivity contribution < 1.29 is 17.6 Å². The molecule has 0 aliphatic heterocycles. The van der Waals surface area contributed by atoms with Crippen molar-refractivity contribution >= 4 is 21.6 Å². The predicted molar refractivity (Wildman–Crippen MR) is 84.3 cm³/mol. The number of anilines is 1. The number of amides is 1. The third-order valence-corrected chi connectivity index (χ3v) is 5.08. The Morgan fingerprint density at radius 3 is 2.52 bits per heavy atom. The summed E-state index contributed by atoms with van der Waals surface area (Å²) in [6.45, 7) is 1.81. The van der Waals surface area contributed by atoms with Gasteiger partial charge in [-0.25, -0.2) is 12.8 Å². The summed E-state index contributed by atoms with van der Waals surface area (Å²) in [5.41, 5.74) is 0.779. The molecule has 0 fully saturated rings. The van der Waals surface area contributed by atoms with Gasteiger partial charge in [0.2, 0.25) is 5.91 Å². The van der Waals surface area contributed by atoms with E-state index in [0.29, 0.717) is 5.82 Å². The molecule has 0 saturated carbocycles. The van der Waals surface area contributed by atoms with Crippen molar-refractivity contribution in [3.05, 3.63) is 41.8 Å². The van der Waals surface area contributed by atoms with Crippen molar-refractivity contribution in [2.24, 2.45) is 7.05 Å². The zero-order chi connectivity index (χ0) is 17.0. The minimum atomic E-state index is -3.51. The standard InChI is InChI=1S/C15H18FN3O3S/c1-11-10-14(19(2)18-11)17-15(20)4-3-9-23(21,22)13-7-5-12(16)6-8-13/h5-8,10H,3-4,9H2,1-2H3,(H,17,20). The highest BCUT2D eigenvalue weighted by atomic mass is 32.2. The molecule has 1 amide bonds. The normalized spacial score (nSPS) is 11.4. The van der Waals surface area contributed by atoms with Crippen molar-refractivity contribution in [2.45, 2.75) is 24.7 Å². The van der Waals surface area contributed by atoms with Crippen LogP contribution in [0, 0.1) is 12.7 Å². The molecule has 0 spiro atoms. The maximum Gasteiger partial charge on any atom is 0.225 e. The van der Waals surface area contributed by atoms with Gasteiger partial charge in [0.1, 0.15) is 11.6 Å². The van der Waals surface area contributed by atoms with E-state index in [1.165, 1.54) is 12.1 Å². The van der Waals surface area contributed by atoms with Gasteiger partial charge in [-0.1, -0.05) is 0 Å². The van der Waals surface area contributed by atoms with E-state index in [9.17, 15) is 17.6 Å². The molecule has 124 valence electrons. The lowest BCUT2D eigenvalue weighted by molar-refractivity contribution is -0.116. The van der Waals surface area contributed by atoms with Gasteiger partial charge in [-0.2, -0.15) is 5.10 Å². The maximum absolute atomic E-state index is 12.8. The number of sulfone groups is 1. The number of carbonyl (C=O) groups is 1. The van der Waals surface area contributed by atoms with Crippen LogP contribution >= 0.6 is 0 Å². The van der Waals surface area contributed by atoms with Crippen molar-refractivity contribution in [1.29, 1.82) is 0 Å². The second-order valence-electron chi connectivity index (χ2n) is 5.22. The molecule has 0 aliphatic carbocycles. The Hall–Kier alpha value is -2.22. The molecular weight excluding hydrogens is 321 g/mol. The molecule has 2 aromatic rings. The minimum absolute atomic E-state index is 0.0570. The molecular formula is C15H18FN3O3S. The smallest absolute Gasteiger partial charge is 0.225 e. The molecule has 0 aliphatic rings. The van der Waals surface area contributed by atoms with Crippen molar-refractivity contribution in [2.75, 3.05) is 11.1 Å². The molecule has 0 atom stereocenters. The van der Waals surface area contributed by atoms with Crippen LogP contribution in [-0.2, 0) is 21.7 Å². The lowest BCUT2D eigenvalue weighted by Crippen LogP contribution is -2.16. The van der Waals surface area contributed by atoms with Crippen LogP contribution in [0.3, 0.4) is 0 Å². The van der Waals surface area contributed by atoms with Gasteiger partial charge in [-0.05, 0) is 37.6 Å². The van der Waals surface area contributed by atoms with Gasteiger partial charge in [0.05, 0.1) is 16.3 Å². The van der Waals surface area contributed by atoms with Crippen molar-refractivity contribution in [3.8, 4) is 0 Å². The Labute approximate surface area is 134 Å². The highest BCUT2D eigenvalue weighted by Gasteiger charge is 2.15. The molecule has 1 aromatic heterocycles. The number of aryl methyl sites for hydroxylation is 2. The fourth-order valence-corrected chi connectivity index (χ4v) is 3.43. The van der Waals surface area contributed by atoms with Crippen LogP contribution < -0.4 is 5.32 Å². The second kappa shape index (κ2) is 6.91. The average Bonchev–Trinajstić information content (AvgIpc) is 2.77. The fourth-order valence-electron chi connectivity index (χ4n) is 2.12. The first kappa shape index (κ1) is 17.1. The Kier molecular flexibility index (Phi) is 5.15. The lowest BCUT2D eigenvalue weighted by atomic mass is 10.3. The number of hydrogen-bond acceptors (Lipinski definition) is 4. The van der Waals surface area contributed by atoms with Crippen LogP contribution in [0.1, 0.15) is 18.5 Å². The van der Waals surface area contributed by atoms with Gasteiger partial charge in [0.15, 0.2) is 9.84 Å². The Morgan fingerprint density at radius 2 is 1.96 bits per heavy atom. The average molecular weight is 339 g/mol. The number of halogens is 1. The SMILES string of the molecule is Cc1cc(NC(=O)CCCS(=O)(=O)c2ccc(F)cc2)n(C)n1. The topological polar surface area (TPSA) is 81.1 Å². The van der Waals surface area contributed by atoms with E-state index >= 15 is 0 Å². The van der Waals surface area contributed by atoms with Gasteiger partial charge < -0.3 is 5.32 Å². The lowest BCUT2D eigenvalue weighted by Gasteiger charge is -2.06. The van der Waals surface area contributed by atoms with Crippen LogP contribution in [0.25, 0.3) is 0 Å². The van der Waals surface area contributed by atoms with Gasteiger partial charge >= 0.3 is 0 Å². The molecule has 0 radical (unpaired) electrons. The summed E-state index contributed by atoms with van der Waals surface area (Å²) in [5, 5.41) is 6.79. The Bertz CT molecular complexity index is 798. The second-order valence-corrected chi connectivity index (χ2v) is 7.33. The predicted octanol–water partition coefficient (Wildman–Crippen LogP) is 2.06. The molecule has 1 heterocycles. The molecule has 1 N–H and O–H groups in total. The summed E-state index contributed by atoms with van der Waals surface area (Å²) >= 11 is 0. The Balaban J connectivity index is 1.87. The summed E-state index contributed by atoms with van der Waals surface area (Å²) in [7, 11) is -1.80. The molecule has 2 rings (SSSR count). The molecule has 6 nitrogen and oxygen atoms in total. The van der Waals surface area contributed by atoms with Crippen LogP contribution in [0.15, 0.2) is 35.2 Å². The minimum Gasteiger partial charge on any atom is -0.311 e. The number of aromatic nitrogens is 2. The molecule has 8 heteroatoms. The molecule has 0 bridgehead atoms. The van der Waals surface area contributed by atoms with E-state index in [-0.39, 0.29) is 29.4 Å². The zero-order valence-corrected chi connectivity index (χ0v) is 13.7. The highest BCUT2D eigenvalue weighted by molar-refractivity contribution is 7.91. The number of benzene rings is 1. The van der Waals surface area contributed by atoms with Crippen LogP contribution in [0.5, 0.6) is 0 Å². The zero-order valence-electron chi connectivity index (χ0n) is 12.9. The molecule has 1 aromatic carbocycles. The third kappa shape index (κ3) is 4.62. The van der Waals surface area contributed by atoms with Gasteiger partial charge in [0.25, 0.3) is 0 Å². The number of nitrogens with one attached hydrogen (secondary N) is 1. The van der Waals surface area contributed by atoms with Crippen molar-refractivity contribution in [3.63, 3.8) is 0 Å². The van der Waals surface area contributed by atoms with E-state index in [2.05, 4.69) is 10.4 Å². The Morgan fingerprint density at radius 1 is 1.30 bits per heavy atom. The number of hydrogen-bond donors (Lipinski definition) is 1. The van der Waals surface area contributed by atoms with Crippen LogP contribution in [0.2, 0.25) is 0 Å².